The van der Waals surface area contributed by atoms with Crippen LogP contribution in [0.5, 0.6) is 0 Å². The first kappa shape index (κ1) is 13.3. The average molecular weight is 230 g/mol. The van der Waals surface area contributed by atoms with Crippen LogP contribution in [0.15, 0.2) is 0 Å². The first-order valence-electron chi connectivity index (χ1n) is 6.05. The summed E-state index contributed by atoms with van der Waals surface area (Å²) in [5.74, 6) is 2.00. The van der Waals surface area contributed by atoms with E-state index >= 15 is 0 Å². The Morgan fingerprint density at radius 2 is 1.93 bits per heavy atom. The van der Waals surface area contributed by atoms with E-state index in [0.717, 1.165) is 12.0 Å². The molecule has 0 saturated carbocycles. The molecule has 1 aliphatic heterocycles. The van der Waals surface area contributed by atoms with Crippen LogP contribution in [0.4, 0.5) is 0 Å². The van der Waals surface area contributed by atoms with Crippen LogP contribution < -0.4 is 0 Å². The van der Waals surface area contributed by atoms with Crippen molar-refractivity contribution in [2.75, 3.05) is 38.8 Å². The highest BCUT2D eigenvalue weighted by molar-refractivity contribution is 7.98. The van der Waals surface area contributed by atoms with Crippen LogP contribution in [-0.4, -0.2) is 54.7 Å². The number of hydrogen-bond donors (Lipinski definition) is 0. The van der Waals surface area contributed by atoms with E-state index in [1.807, 2.05) is 11.8 Å². The van der Waals surface area contributed by atoms with Crippen molar-refractivity contribution in [3.05, 3.63) is 0 Å². The maximum Gasteiger partial charge on any atom is 0.0441 e. The summed E-state index contributed by atoms with van der Waals surface area (Å²) in [6, 6.07) is 0.825. The summed E-state index contributed by atoms with van der Waals surface area (Å²) >= 11 is 1.94. The van der Waals surface area contributed by atoms with Gasteiger partial charge in [-0.2, -0.15) is 0 Å². The number of likely N-dealkylation sites (tertiary alicyclic amines) is 1. The van der Waals surface area contributed by atoms with Crippen LogP contribution in [0.3, 0.4) is 0 Å². The van der Waals surface area contributed by atoms with Crippen molar-refractivity contribution in [1.82, 2.24) is 9.80 Å². The molecule has 0 amide bonds. The first-order chi connectivity index (χ1) is 7.13. The molecule has 0 aromatic heterocycles. The predicted molar refractivity (Wildman–Crippen MR) is 70.4 cm³/mol. The Labute approximate surface area is 99.4 Å². The summed E-state index contributed by atoms with van der Waals surface area (Å²) in [5.41, 5.74) is 0. The van der Waals surface area contributed by atoms with Gasteiger partial charge in [0.25, 0.3) is 0 Å². The van der Waals surface area contributed by atoms with Crippen molar-refractivity contribution in [3.63, 3.8) is 0 Å². The van der Waals surface area contributed by atoms with Gasteiger partial charge in [0.05, 0.1) is 0 Å². The zero-order valence-corrected chi connectivity index (χ0v) is 11.5. The van der Waals surface area contributed by atoms with Crippen LogP contribution in [-0.2, 0) is 0 Å². The SMILES string of the molecule is CSCN1CCC(N(C)CC(C)C)CC1. The second-order valence-corrected chi connectivity index (χ2v) is 5.94. The van der Waals surface area contributed by atoms with Crippen molar-refractivity contribution >= 4 is 11.8 Å². The monoisotopic (exact) mass is 230 g/mol. The summed E-state index contributed by atoms with van der Waals surface area (Å²) in [6.07, 6.45) is 4.89. The minimum Gasteiger partial charge on any atom is -0.303 e. The highest BCUT2D eigenvalue weighted by atomic mass is 32.2. The number of piperidine rings is 1. The lowest BCUT2D eigenvalue weighted by atomic mass is 10.0. The van der Waals surface area contributed by atoms with Gasteiger partial charge in [-0.25, -0.2) is 0 Å². The molecular formula is C12H26N2S. The normalized spacial score (nSPS) is 20.4. The van der Waals surface area contributed by atoms with E-state index < -0.39 is 0 Å². The molecule has 0 bridgehead atoms. The lowest BCUT2D eigenvalue weighted by molar-refractivity contribution is 0.131. The molecule has 1 saturated heterocycles. The quantitative estimate of drug-likeness (QED) is 0.716. The standard InChI is InChI=1S/C12H26N2S/c1-11(2)9-13(3)12-5-7-14(8-6-12)10-15-4/h11-12H,5-10H2,1-4H3. The average Bonchev–Trinajstić information content (AvgIpc) is 2.18. The second-order valence-electron chi connectivity index (χ2n) is 5.10. The van der Waals surface area contributed by atoms with E-state index in [-0.39, 0.29) is 0 Å². The zero-order chi connectivity index (χ0) is 11.3. The smallest absolute Gasteiger partial charge is 0.0441 e. The Morgan fingerprint density at radius 1 is 1.33 bits per heavy atom. The third-order valence-corrected chi connectivity index (χ3v) is 3.77. The fourth-order valence-electron chi connectivity index (χ4n) is 2.40. The van der Waals surface area contributed by atoms with Crippen LogP contribution >= 0.6 is 11.8 Å². The number of nitrogens with zero attached hydrogens (tertiary/aromatic N) is 2. The fraction of sp³-hybridized carbons (Fsp3) is 1.00. The molecule has 15 heavy (non-hydrogen) atoms. The van der Waals surface area contributed by atoms with E-state index in [0.29, 0.717) is 0 Å². The molecule has 2 nitrogen and oxygen atoms in total. The van der Waals surface area contributed by atoms with Gasteiger partial charge in [0.2, 0.25) is 0 Å². The topological polar surface area (TPSA) is 6.48 Å². The van der Waals surface area contributed by atoms with Crippen molar-refractivity contribution in [1.29, 1.82) is 0 Å². The summed E-state index contributed by atoms with van der Waals surface area (Å²) in [5, 5.41) is 0. The van der Waals surface area contributed by atoms with Crippen molar-refractivity contribution in [2.45, 2.75) is 32.7 Å². The predicted octanol–water partition coefficient (Wildman–Crippen LogP) is 2.36. The van der Waals surface area contributed by atoms with Gasteiger partial charge >= 0.3 is 0 Å². The summed E-state index contributed by atoms with van der Waals surface area (Å²) in [6.45, 7) is 8.42. The van der Waals surface area contributed by atoms with Gasteiger partial charge in [-0.3, -0.25) is 4.90 Å². The van der Waals surface area contributed by atoms with Gasteiger partial charge in [0.15, 0.2) is 0 Å². The molecule has 3 heteroatoms. The van der Waals surface area contributed by atoms with E-state index in [2.05, 4.69) is 37.0 Å². The molecule has 1 aliphatic rings. The Hall–Kier alpha value is 0.270. The van der Waals surface area contributed by atoms with Gasteiger partial charge in [-0.1, -0.05) is 13.8 Å². The largest absolute Gasteiger partial charge is 0.303 e. The van der Waals surface area contributed by atoms with Gasteiger partial charge in [0.1, 0.15) is 0 Å². The minimum atomic E-state index is 0.791. The zero-order valence-electron chi connectivity index (χ0n) is 10.7. The Morgan fingerprint density at radius 3 is 2.40 bits per heavy atom. The highest BCUT2D eigenvalue weighted by Gasteiger charge is 2.22. The third-order valence-electron chi connectivity index (χ3n) is 3.15. The van der Waals surface area contributed by atoms with E-state index in [1.165, 1.54) is 38.4 Å². The van der Waals surface area contributed by atoms with Gasteiger partial charge < -0.3 is 4.90 Å². The highest BCUT2D eigenvalue weighted by Crippen LogP contribution is 2.17. The molecule has 0 unspecified atom stereocenters. The minimum absolute atomic E-state index is 0.791. The first-order valence-corrected chi connectivity index (χ1v) is 7.44. The lowest BCUT2D eigenvalue weighted by Crippen LogP contribution is -2.44. The maximum absolute atomic E-state index is 2.57. The van der Waals surface area contributed by atoms with E-state index in [9.17, 15) is 0 Å². The Kier molecular flexibility index (Phi) is 6.02. The van der Waals surface area contributed by atoms with Crippen LogP contribution in [0.2, 0.25) is 0 Å². The van der Waals surface area contributed by atoms with Crippen molar-refractivity contribution in [2.24, 2.45) is 5.92 Å². The van der Waals surface area contributed by atoms with Crippen LogP contribution in [0.1, 0.15) is 26.7 Å². The fourth-order valence-corrected chi connectivity index (χ4v) is 3.02. The molecule has 1 heterocycles. The number of hydrogen-bond acceptors (Lipinski definition) is 3. The maximum atomic E-state index is 2.57. The van der Waals surface area contributed by atoms with Crippen molar-refractivity contribution in [3.8, 4) is 0 Å². The summed E-state index contributed by atoms with van der Waals surface area (Å²) in [4.78, 5) is 5.13. The lowest BCUT2D eigenvalue weighted by Gasteiger charge is -2.37. The second kappa shape index (κ2) is 6.77. The van der Waals surface area contributed by atoms with Gasteiger partial charge in [-0.15, -0.1) is 11.8 Å². The van der Waals surface area contributed by atoms with Crippen LogP contribution in [0.25, 0.3) is 0 Å². The van der Waals surface area contributed by atoms with Gasteiger partial charge in [0, 0.05) is 31.6 Å². The molecule has 0 aromatic rings. The Balaban J connectivity index is 2.24. The third kappa shape index (κ3) is 4.75. The summed E-state index contributed by atoms with van der Waals surface area (Å²) < 4.78 is 0. The van der Waals surface area contributed by atoms with Gasteiger partial charge in [-0.05, 0) is 32.1 Å². The molecule has 0 N–H and O–H groups in total. The Bertz CT molecular complexity index is 165. The molecule has 1 fully saturated rings. The molecule has 0 aromatic carbocycles. The molecule has 1 rings (SSSR count). The number of rotatable bonds is 5. The van der Waals surface area contributed by atoms with Crippen LogP contribution in [0, 0.1) is 5.92 Å². The van der Waals surface area contributed by atoms with E-state index in [4.69, 9.17) is 0 Å². The molecular weight excluding hydrogens is 204 g/mol. The van der Waals surface area contributed by atoms with E-state index in [1.54, 1.807) is 0 Å². The molecule has 90 valence electrons. The molecule has 0 aliphatic carbocycles. The van der Waals surface area contributed by atoms with Crippen molar-refractivity contribution < 1.29 is 0 Å². The molecule has 0 spiro atoms. The summed E-state index contributed by atoms with van der Waals surface area (Å²) in [7, 11) is 2.29. The molecule has 0 radical (unpaired) electrons. The number of thioether (sulfide) groups is 1. The molecule has 0 atom stereocenters.